The average molecular weight is 244 g/mol. The van der Waals surface area contributed by atoms with Crippen LogP contribution in [0.3, 0.4) is 0 Å². The van der Waals surface area contributed by atoms with E-state index in [0.717, 1.165) is 5.56 Å². The summed E-state index contributed by atoms with van der Waals surface area (Å²) in [7, 11) is 1.76. The Morgan fingerprint density at radius 3 is 2.56 bits per heavy atom. The van der Waals surface area contributed by atoms with Gasteiger partial charge in [0.15, 0.2) is 0 Å². The molecule has 1 aromatic heterocycles. The molecule has 1 heterocycles. The van der Waals surface area contributed by atoms with Crippen molar-refractivity contribution in [2.24, 2.45) is 7.05 Å². The number of esters is 1. The second-order valence-corrected chi connectivity index (χ2v) is 4.33. The number of rotatable bonds is 3. The van der Waals surface area contributed by atoms with Crippen molar-refractivity contribution < 1.29 is 9.53 Å². The molecule has 2 N–H and O–H groups in total. The topological polar surface area (TPSA) is 57.2 Å². The third kappa shape index (κ3) is 2.71. The van der Waals surface area contributed by atoms with Gasteiger partial charge in [0, 0.05) is 13.2 Å². The molecule has 1 aromatic carbocycles. The van der Waals surface area contributed by atoms with Gasteiger partial charge in [-0.2, -0.15) is 0 Å². The number of nitrogens with zero attached hydrogens (tertiary/aromatic N) is 1. The van der Waals surface area contributed by atoms with Gasteiger partial charge in [0.2, 0.25) is 0 Å². The van der Waals surface area contributed by atoms with Gasteiger partial charge in [-0.3, -0.25) is 0 Å². The van der Waals surface area contributed by atoms with Crippen LogP contribution in [0.15, 0.2) is 36.5 Å². The molecule has 2 rings (SSSR count). The number of carbonyl (C=O) groups excluding carboxylic acids is 1. The zero-order valence-corrected chi connectivity index (χ0v) is 10.5. The van der Waals surface area contributed by atoms with Crippen molar-refractivity contribution >= 4 is 11.7 Å². The minimum absolute atomic E-state index is 0.268. The first-order chi connectivity index (χ1) is 8.56. The largest absolute Gasteiger partial charge is 0.456 e. The number of anilines is 1. The van der Waals surface area contributed by atoms with Gasteiger partial charge < -0.3 is 15.0 Å². The highest BCUT2D eigenvalue weighted by Gasteiger charge is 2.12. The van der Waals surface area contributed by atoms with Crippen molar-refractivity contribution in [3.8, 4) is 0 Å². The summed E-state index contributed by atoms with van der Waals surface area (Å²) in [5.41, 5.74) is 8.78. The van der Waals surface area contributed by atoms with Crippen LogP contribution in [0.2, 0.25) is 0 Å². The Kier molecular flexibility index (Phi) is 3.37. The van der Waals surface area contributed by atoms with Gasteiger partial charge >= 0.3 is 5.97 Å². The first-order valence-electron chi connectivity index (χ1n) is 5.71. The minimum Gasteiger partial charge on any atom is -0.456 e. The number of ether oxygens (including phenoxy) is 1. The average Bonchev–Trinajstić information content (AvgIpc) is 2.67. The molecule has 0 saturated carbocycles. The van der Waals surface area contributed by atoms with Crippen molar-refractivity contribution in [1.82, 2.24) is 4.57 Å². The van der Waals surface area contributed by atoms with Gasteiger partial charge in [-0.05, 0) is 18.6 Å². The van der Waals surface area contributed by atoms with Crippen LogP contribution < -0.4 is 5.73 Å². The number of aryl methyl sites for hydroxylation is 2. The summed E-state index contributed by atoms with van der Waals surface area (Å²) in [5.74, 6) is -0.366. The van der Waals surface area contributed by atoms with Gasteiger partial charge in [-0.15, -0.1) is 0 Å². The van der Waals surface area contributed by atoms with Crippen LogP contribution in [0.4, 0.5) is 5.69 Å². The van der Waals surface area contributed by atoms with Crippen LogP contribution in [-0.4, -0.2) is 10.5 Å². The molecular weight excluding hydrogens is 228 g/mol. The number of carbonyl (C=O) groups is 1. The Labute approximate surface area is 106 Å². The molecule has 4 nitrogen and oxygen atoms in total. The summed E-state index contributed by atoms with van der Waals surface area (Å²) in [5, 5.41) is 0. The van der Waals surface area contributed by atoms with E-state index in [1.165, 1.54) is 5.56 Å². The molecule has 0 radical (unpaired) electrons. The zero-order valence-electron chi connectivity index (χ0n) is 10.5. The highest BCUT2D eigenvalue weighted by Crippen LogP contribution is 2.11. The molecule has 4 heteroatoms. The first kappa shape index (κ1) is 12.2. The Morgan fingerprint density at radius 1 is 1.33 bits per heavy atom. The summed E-state index contributed by atoms with van der Waals surface area (Å²) < 4.78 is 6.89. The number of benzene rings is 1. The number of nitrogens with two attached hydrogens (primary N) is 1. The van der Waals surface area contributed by atoms with Crippen molar-refractivity contribution in [2.45, 2.75) is 13.5 Å². The van der Waals surface area contributed by atoms with Crippen molar-refractivity contribution in [2.75, 3.05) is 5.73 Å². The summed E-state index contributed by atoms with van der Waals surface area (Å²) >= 11 is 0. The lowest BCUT2D eigenvalue weighted by Crippen LogP contribution is -2.09. The van der Waals surface area contributed by atoms with E-state index >= 15 is 0 Å². The van der Waals surface area contributed by atoms with Crippen LogP contribution >= 0.6 is 0 Å². The molecule has 0 aliphatic heterocycles. The SMILES string of the molecule is Cc1ccc(COC(=O)c2cc(N)cn2C)cc1. The van der Waals surface area contributed by atoms with Crippen LogP contribution in [0.5, 0.6) is 0 Å². The van der Waals surface area contributed by atoms with Crippen molar-refractivity contribution in [3.63, 3.8) is 0 Å². The van der Waals surface area contributed by atoms with E-state index in [4.69, 9.17) is 10.5 Å². The van der Waals surface area contributed by atoms with E-state index in [2.05, 4.69) is 0 Å². The van der Waals surface area contributed by atoms with E-state index in [1.54, 1.807) is 23.9 Å². The highest BCUT2D eigenvalue weighted by molar-refractivity contribution is 5.89. The fraction of sp³-hybridized carbons (Fsp3) is 0.214. The molecule has 0 saturated heterocycles. The number of hydrogen-bond acceptors (Lipinski definition) is 3. The molecule has 0 aliphatic rings. The lowest BCUT2D eigenvalue weighted by molar-refractivity contribution is 0.0461. The third-order valence-corrected chi connectivity index (χ3v) is 2.73. The predicted molar refractivity (Wildman–Crippen MR) is 70.1 cm³/mol. The number of hydrogen-bond donors (Lipinski definition) is 1. The second kappa shape index (κ2) is 4.96. The van der Waals surface area contributed by atoms with Crippen LogP contribution in [0, 0.1) is 6.92 Å². The van der Waals surface area contributed by atoms with Gasteiger partial charge in [0.25, 0.3) is 0 Å². The van der Waals surface area contributed by atoms with E-state index in [9.17, 15) is 4.79 Å². The number of nitrogen functional groups attached to an aromatic ring is 1. The standard InChI is InChI=1S/C14H16N2O2/c1-10-3-5-11(6-4-10)9-18-14(17)13-7-12(15)8-16(13)2/h3-8H,9,15H2,1-2H3. The molecule has 0 unspecified atom stereocenters. The Hall–Kier alpha value is -2.23. The fourth-order valence-corrected chi connectivity index (χ4v) is 1.70. The molecular formula is C14H16N2O2. The smallest absolute Gasteiger partial charge is 0.355 e. The van der Waals surface area contributed by atoms with Crippen molar-refractivity contribution in [1.29, 1.82) is 0 Å². The Morgan fingerprint density at radius 2 is 2.00 bits per heavy atom. The zero-order chi connectivity index (χ0) is 13.1. The van der Waals surface area contributed by atoms with E-state index < -0.39 is 0 Å². The van der Waals surface area contributed by atoms with E-state index in [-0.39, 0.29) is 12.6 Å². The molecule has 0 fully saturated rings. The minimum atomic E-state index is -0.366. The Balaban J connectivity index is 2.00. The summed E-state index contributed by atoms with van der Waals surface area (Å²) in [6.07, 6.45) is 1.68. The molecule has 2 aromatic rings. The molecule has 0 bridgehead atoms. The van der Waals surface area contributed by atoms with Gasteiger partial charge in [-0.25, -0.2) is 4.79 Å². The Bertz CT molecular complexity index is 556. The van der Waals surface area contributed by atoms with Gasteiger partial charge in [-0.1, -0.05) is 29.8 Å². The third-order valence-electron chi connectivity index (χ3n) is 2.73. The lowest BCUT2D eigenvalue weighted by Gasteiger charge is -2.05. The molecule has 18 heavy (non-hydrogen) atoms. The maximum absolute atomic E-state index is 11.8. The van der Waals surface area contributed by atoms with Gasteiger partial charge in [0.1, 0.15) is 12.3 Å². The quantitative estimate of drug-likeness (QED) is 0.843. The molecule has 0 amide bonds. The molecule has 0 spiro atoms. The fourth-order valence-electron chi connectivity index (χ4n) is 1.70. The normalized spacial score (nSPS) is 10.3. The van der Waals surface area contributed by atoms with Crippen LogP contribution in [0.1, 0.15) is 21.6 Å². The monoisotopic (exact) mass is 244 g/mol. The maximum atomic E-state index is 11.8. The molecule has 94 valence electrons. The molecule has 0 atom stereocenters. The molecule has 0 aliphatic carbocycles. The number of aromatic nitrogens is 1. The first-order valence-corrected chi connectivity index (χ1v) is 5.71. The maximum Gasteiger partial charge on any atom is 0.355 e. The van der Waals surface area contributed by atoms with Crippen molar-refractivity contribution in [3.05, 3.63) is 53.3 Å². The van der Waals surface area contributed by atoms with Crippen LogP contribution in [-0.2, 0) is 18.4 Å². The van der Waals surface area contributed by atoms with E-state index in [1.807, 2.05) is 31.2 Å². The van der Waals surface area contributed by atoms with E-state index in [0.29, 0.717) is 11.4 Å². The predicted octanol–water partition coefficient (Wildman–Crippen LogP) is 2.27. The van der Waals surface area contributed by atoms with Gasteiger partial charge in [0.05, 0.1) is 5.69 Å². The lowest BCUT2D eigenvalue weighted by atomic mass is 10.2. The summed E-state index contributed by atoms with van der Waals surface area (Å²) in [6.45, 7) is 2.28. The highest BCUT2D eigenvalue weighted by atomic mass is 16.5. The summed E-state index contributed by atoms with van der Waals surface area (Å²) in [6, 6.07) is 9.48. The van der Waals surface area contributed by atoms with Crippen LogP contribution in [0.25, 0.3) is 0 Å². The summed E-state index contributed by atoms with van der Waals surface area (Å²) in [4.78, 5) is 11.8. The second-order valence-electron chi connectivity index (χ2n) is 4.33.